The minimum Gasteiger partial charge on any atom is -0.494 e. The van der Waals surface area contributed by atoms with E-state index in [4.69, 9.17) is 9.84 Å². The van der Waals surface area contributed by atoms with Crippen molar-refractivity contribution in [3.8, 4) is 5.75 Å². The highest BCUT2D eigenvalue weighted by Crippen LogP contribution is 2.42. The molecule has 2 aromatic rings. The molecule has 2 aromatic carbocycles. The molecule has 10 heteroatoms. The van der Waals surface area contributed by atoms with Crippen molar-refractivity contribution in [1.29, 1.82) is 0 Å². The maximum atomic E-state index is 13.7. The van der Waals surface area contributed by atoms with E-state index in [1.807, 2.05) is 13.8 Å². The summed E-state index contributed by atoms with van der Waals surface area (Å²) in [7, 11) is 1.37. The van der Waals surface area contributed by atoms with E-state index >= 15 is 0 Å². The third-order valence-electron chi connectivity index (χ3n) is 6.27. The van der Waals surface area contributed by atoms with Crippen LogP contribution in [-0.2, 0) is 21.3 Å². The zero-order valence-electron chi connectivity index (χ0n) is 19.7. The fraction of sp³-hybridized carbons (Fsp3) is 0.440. The summed E-state index contributed by atoms with van der Waals surface area (Å²) in [5.41, 5.74) is 0.0182. The van der Waals surface area contributed by atoms with E-state index in [-0.39, 0.29) is 44.0 Å². The predicted molar refractivity (Wildman–Crippen MR) is 122 cm³/mol. The summed E-state index contributed by atoms with van der Waals surface area (Å²) in [4.78, 5) is 25.5. The van der Waals surface area contributed by atoms with E-state index < -0.39 is 35.0 Å². The van der Waals surface area contributed by atoms with Gasteiger partial charge in [0.25, 0.3) is 0 Å². The lowest BCUT2D eigenvalue weighted by Crippen LogP contribution is -2.40. The topological polar surface area (TPSA) is 78.9 Å². The zero-order chi connectivity index (χ0) is 26.0. The van der Waals surface area contributed by atoms with E-state index in [9.17, 15) is 27.2 Å². The molecule has 1 heterocycles. The van der Waals surface area contributed by atoms with Crippen LogP contribution in [-0.4, -0.2) is 37.2 Å². The fourth-order valence-corrected chi connectivity index (χ4v) is 4.27. The average Bonchev–Trinajstić information content (AvgIpc) is 3.15. The molecule has 190 valence electrons. The lowest BCUT2D eigenvalue weighted by atomic mass is 9.94. The van der Waals surface area contributed by atoms with Gasteiger partial charge in [-0.1, -0.05) is 6.07 Å². The molecule has 0 aromatic heterocycles. The molecule has 0 fully saturated rings. The van der Waals surface area contributed by atoms with Crippen LogP contribution in [0.3, 0.4) is 0 Å². The highest BCUT2D eigenvalue weighted by molar-refractivity contribution is 5.96. The molecule has 1 aliphatic heterocycles. The number of ether oxygens (including phenoxy) is 1. The van der Waals surface area contributed by atoms with Crippen molar-refractivity contribution in [2.24, 2.45) is 0 Å². The highest BCUT2D eigenvalue weighted by atomic mass is 19.4. The molecule has 1 amide bonds. The number of halogens is 4. The molecule has 2 N–H and O–H groups in total. The number of fused-ring (bicyclic) bond motifs is 1. The van der Waals surface area contributed by atoms with E-state index in [0.717, 1.165) is 17.7 Å². The number of methoxy groups -OCH3 is 1. The summed E-state index contributed by atoms with van der Waals surface area (Å²) in [6, 6.07) is 7.72. The molecular formula is C25H28F4N2O4. The van der Waals surface area contributed by atoms with Gasteiger partial charge in [-0.25, -0.2) is 4.39 Å². The van der Waals surface area contributed by atoms with Crippen molar-refractivity contribution in [2.75, 3.05) is 25.1 Å². The Bertz CT molecular complexity index is 1100. The van der Waals surface area contributed by atoms with Gasteiger partial charge in [0, 0.05) is 43.1 Å². The number of anilines is 1. The predicted octanol–water partition coefficient (Wildman–Crippen LogP) is 5.06. The Kier molecular flexibility index (Phi) is 7.74. The van der Waals surface area contributed by atoms with Crippen LogP contribution in [0.4, 0.5) is 23.2 Å². The molecule has 0 bridgehead atoms. The van der Waals surface area contributed by atoms with E-state index in [1.165, 1.54) is 24.1 Å². The summed E-state index contributed by atoms with van der Waals surface area (Å²) in [5.74, 6) is -2.21. The van der Waals surface area contributed by atoms with E-state index in [0.29, 0.717) is 11.3 Å². The summed E-state index contributed by atoms with van der Waals surface area (Å²) in [6.07, 6.45) is -4.55. The van der Waals surface area contributed by atoms with Crippen LogP contribution in [0.5, 0.6) is 5.75 Å². The van der Waals surface area contributed by atoms with Gasteiger partial charge >= 0.3 is 12.1 Å². The summed E-state index contributed by atoms with van der Waals surface area (Å²) < 4.78 is 58.5. The number of alkyl halides is 3. The summed E-state index contributed by atoms with van der Waals surface area (Å²) >= 11 is 0. The van der Waals surface area contributed by atoms with Crippen LogP contribution in [0.1, 0.15) is 55.7 Å². The second-order valence-electron chi connectivity index (χ2n) is 9.06. The van der Waals surface area contributed by atoms with Crippen molar-refractivity contribution in [2.45, 2.75) is 50.7 Å². The van der Waals surface area contributed by atoms with Crippen LogP contribution in [0.25, 0.3) is 0 Å². The van der Waals surface area contributed by atoms with Crippen molar-refractivity contribution in [1.82, 2.24) is 5.32 Å². The number of hydrogen-bond acceptors (Lipinski definition) is 4. The number of amides is 1. The van der Waals surface area contributed by atoms with Gasteiger partial charge in [-0.15, -0.1) is 0 Å². The normalized spacial score (nSPS) is 15.7. The maximum Gasteiger partial charge on any atom is 0.416 e. The largest absolute Gasteiger partial charge is 0.494 e. The number of carboxylic acid groups (broad SMARTS) is 1. The second-order valence-corrected chi connectivity index (χ2v) is 9.06. The number of aliphatic carboxylic acids is 1. The molecule has 0 radical (unpaired) electrons. The Balaban J connectivity index is 1.72. The standard InChI is InChI=1S/C25H28F4N2O4/c1-24(2,16-5-7-19(26)21(13-16)35-3)30-11-10-22(32)31-14-15(4-9-23(33)34)18-12-17(25(27,28)29)6-8-20(18)31/h5-8,12-13,15,30H,4,9-11,14H2,1-3H3,(H,33,34). The number of nitrogens with one attached hydrogen (secondary N) is 1. The first-order valence-electron chi connectivity index (χ1n) is 11.2. The molecular weight excluding hydrogens is 468 g/mol. The van der Waals surface area contributed by atoms with Crippen LogP contribution in [0, 0.1) is 5.82 Å². The third-order valence-corrected chi connectivity index (χ3v) is 6.27. The lowest BCUT2D eigenvalue weighted by molar-refractivity contribution is -0.138. The van der Waals surface area contributed by atoms with Gasteiger partial charge in [-0.05, 0) is 61.7 Å². The average molecular weight is 497 g/mol. The number of hydrogen-bond donors (Lipinski definition) is 2. The summed E-state index contributed by atoms with van der Waals surface area (Å²) in [6.45, 7) is 4.13. The monoisotopic (exact) mass is 496 g/mol. The lowest BCUT2D eigenvalue weighted by Gasteiger charge is -2.28. The molecule has 0 spiro atoms. The first kappa shape index (κ1) is 26.5. The first-order valence-corrected chi connectivity index (χ1v) is 11.2. The molecule has 35 heavy (non-hydrogen) atoms. The van der Waals surface area contributed by atoms with Gasteiger partial charge in [-0.3, -0.25) is 9.59 Å². The van der Waals surface area contributed by atoms with Gasteiger partial charge in [0.2, 0.25) is 5.91 Å². The van der Waals surface area contributed by atoms with Crippen molar-refractivity contribution < 1.29 is 37.0 Å². The zero-order valence-corrected chi connectivity index (χ0v) is 19.7. The Morgan fingerprint density at radius 3 is 2.43 bits per heavy atom. The number of benzene rings is 2. The van der Waals surface area contributed by atoms with Crippen LogP contribution in [0.2, 0.25) is 0 Å². The fourth-order valence-electron chi connectivity index (χ4n) is 4.27. The van der Waals surface area contributed by atoms with E-state index in [1.54, 1.807) is 12.1 Å². The minimum absolute atomic E-state index is 0.0634. The number of carbonyl (C=O) groups is 2. The van der Waals surface area contributed by atoms with Crippen LogP contribution < -0.4 is 15.0 Å². The van der Waals surface area contributed by atoms with Crippen molar-refractivity contribution in [3.63, 3.8) is 0 Å². The highest BCUT2D eigenvalue weighted by Gasteiger charge is 2.37. The van der Waals surface area contributed by atoms with Gasteiger partial charge in [0.05, 0.1) is 12.7 Å². The third kappa shape index (κ3) is 6.11. The van der Waals surface area contributed by atoms with Crippen molar-refractivity contribution in [3.05, 3.63) is 58.9 Å². The van der Waals surface area contributed by atoms with Crippen LogP contribution in [0.15, 0.2) is 36.4 Å². The Hall–Kier alpha value is -3.14. The number of nitrogens with zero attached hydrogens (tertiary/aromatic N) is 1. The molecule has 1 atom stereocenters. The SMILES string of the molecule is COc1cc(C(C)(C)NCCC(=O)N2CC(CCC(=O)O)c3cc(C(F)(F)F)ccc32)ccc1F. The first-order chi connectivity index (χ1) is 16.3. The smallest absolute Gasteiger partial charge is 0.416 e. The van der Waals surface area contributed by atoms with Gasteiger partial charge in [0.15, 0.2) is 11.6 Å². The quantitative estimate of drug-likeness (QED) is 0.475. The Labute approximate surface area is 200 Å². The Morgan fingerprint density at radius 2 is 1.80 bits per heavy atom. The molecule has 1 unspecified atom stereocenters. The van der Waals surface area contributed by atoms with Crippen LogP contribution >= 0.6 is 0 Å². The minimum atomic E-state index is -4.54. The summed E-state index contributed by atoms with van der Waals surface area (Å²) in [5, 5.41) is 12.3. The molecule has 1 aliphatic rings. The molecule has 0 saturated heterocycles. The molecule has 6 nitrogen and oxygen atoms in total. The number of rotatable bonds is 9. The molecule has 0 saturated carbocycles. The number of carboxylic acids is 1. The second kappa shape index (κ2) is 10.2. The van der Waals surface area contributed by atoms with Gasteiger partial charge in [0.1, 0.15) is 0 Å². The maximum absolute atomic E-state index is 13.7. The Morgan fingerprint density at radius 1 is 1.11 bits per heavy atom. The van der Waals surface area contributed by atoms with E-state index in [2.05, 4.69) is 5.32 Å². The molecule has 0 aliphatic carbocycles. The number of carbonyl (C=O) groups excluding carboxylic acids is 1. The van der Waals surface area contributed by atoms with Gasteiger partial charge < -0.3 is 20.1 Å². The van der Waals surface area contributed by atoms with Crippen molar-refractivity contribution >= 4 is 17.6 Å². The van der Waals surface area contributed by atoms with Gasteiger partial charge in [-0.2, -0.15) is 13.2 Å². The molecule has 3 rings (SSSR count).